The van der Waals surface area contributed by atoms with E-state index in [1.807, 2.05) is 39.3 Å². The number of rotatable bonds is 11. The lowest BCUT2D eigenvalue weighted by molar-refractivity contribution is 0.0945. The predicted octanol–water partition coefficient (Wildman–Crippen LogP) is 14.4. The molecule has 2 saturated carbocycles. The van der Waals surface area contributed by atoms with E-state index < -0.39 is 0 Å². The molecular weight excluding hydrogens is 725 g/mol. The van der Waals surface area contributed by atoms with Crippen LogP contribution in [0.2, 0.25) is 0 Å². The number of para-hydroxylation sites is 4. The number of hydrogen-bond donors (Lipinski definition) is 1. The van der Waals surface area contributed by atoms with Gasteiger partial charge in [0, 0.05) is 71.7 Å². The van der Waals surface area contributed by atoms with Crippen LogP contribution in [0.25, 0.3) is 11.4 Å². The second kappa shape index (κ2) is 22.3. The first kappa shape index (κ1) is 42.7. The number of hydrogen-bond acceptors (Lipinski definition) is 5. The van der Waals surface area contributed by atoms with Crippen molar-refractivity contribution < 1.29 is 9.47 Å². The van der Waals surface area contributed by atoms with Crippen LogP contribution in [0.15, 0.2) is 176 Å². The zero-order valence-electron chi connectivity index (χ0n) is 35.4. The van der Waals surface area contributed by atoms with Gasteiger partial charge in [0.2, 0.25) is 0 Å². The van der Waals surface area contributed by atoms with Gasteiger partial charge in [-0.3, -0.25) is 0 Å². The molecule has 0 spiro atoms. The maximum Gasteiger partial charge on any atom is 0.137 e. The summed E-state index contributed by atoms with van der Waals surface area (Å²) in [6, 6.07) is 59.4. The Morgan fingerprint density at radius 1 is 0.525 bits per heavy atom. The summed E-state index contributed by atoms with van der Waals surface area (Å²) in [5.41, 5.74) is 10.5. The van der Waals surface area contributed by atoms with Gasteiger partial charge in [-0.15, -0.1) is 0 Å². The number of benzene rings is 6. The molecule has 1 aromatic heterocycles. The first-order valence-corrected chi connectivity index (χ1v) is 21.3. The van der Waals surface area contributed by atoms with Crippen molar-refractivity contribution in [2.24, 2.45) is 0 Å². The molecule has 7 aromatic rings. The fraction of sp³-hybridized carbons (Fsp3) is 0.264. The largest absolute Gasteiger partial charge is 0.381 e. The van der Waals surface area contributed by atoms with Gasteiger partial charge in [-0.2, -0.15) is 0 Å². The molecule has 2 unspecified atom stereocenters. The molecule has 2 aliphatic carbocycles. The Hall–Kier alpha value is -5.95. The fourth-order valence-corrected chi connectivity index (χ4v) is 7.42. The van der Waals surface area contributed by atoms with Gasteiger partial charge >= 0.3 is 0 Å². The molecule has 0 amide bonds. The lowest BCUT2D eigenvalue weighted by Crippen LogP contribution is -2.15. The number of methoxy groups -OCH3 is 2. The van der Waals surface area contributed by atoms with Crippen molar-refractivity contribution in [1.29, 1.82) is 0 Å². The standard InChI is InChI=1S/C24H25NO.C23H21N3.C4H8O.C2H6/c1-26-24-14-8-13-23(24)19-15-17-22(18-16-19)25(20-9-4-2-5-10-20)21-11-6-3-7-12-21;1-2-19-17-24-23(25-19)18-13-15-22(16-14-18)26(20-9-5-3-6-10-20)21-11-7-4-8-12-21;1-5-4-2-3-4;1-2/h2-7,9-12,15-18,23-24H,8,13-14H2,1H3;3-17H,2H2,1H3,(H,24,25);4H,2-3H2,1H3;1-2H3. The van der Waals surface area contributed by atoms with E-state index in [9.17, 15) is 0 Å². The molecule has 0 bridgehead atoms. The Kier molecular flexibility index (Phi) is 16.1. The summed E-state index contributed by atoms with van der Waals surface area (Å²) in [7, 11) is 3.60. The smallest absolute Gasteiger partial charge is 0.137 e. The Morgan fingerprint density at radius 2 is 0.949 bits per heavy atom. The summed E-state index contributed by atoms with van der Waals surface area (Å²) in [6.07, 6.45) is 10.1. The summed E-state index contributed by atoms with van der Waals surface area (Å²) in [5, 5.41) is 0. The Labute approximate surface area is 352 Å². The molecule has 2 fully saturated rings. The molecule has 9 rings (SSSR count). The van der Waals surface area contributed by atoms with Crippen LogP contribution >= 0.6 is 0 Å². The van der Waals surface area contributed by atoms with Crippen molar-refractivity contribution in [2.45, 2.75) is 77.4 Å². The van der Waals surface area contributed by atoms with Crippen LogP contribution in [-0.2, 0) is 15.9 Å². The minimum Gasteiger partial charge on any atom is -0.381 e. The third-order valence-corrected chi connectivity index (χ3v) is 10.7. The summed E-state index contributed by atoms with van der Waals surface area (Å²) in [4.78, 5) is 12.4. The van der Waals surface area contributed by atoms with E-state index in [1.54, 1.807) is 7.11 Å². The SMILES string of the molecule is CC.CCc1cnc(-c2ccc(N(c3ccccc3)c3ccccc3)cc2)[nH]1.COC1CC1.COC1CCCC1c1ccc(N(c2ccccc2)c2ccccc2)cc1. The molecule has 2 aliphatic rings. The maximum absolute atomic E-state index is 5.68. The van der Waals surface area contributed by atoms with Crippen molar-refractivity contribution in [2.75, 3.05) is 24.0 Å². The van der Waals surface area contributed by atoms with Gasteiger partial charge in [0.25, 0.3) is 0 Å². The molecule has 59 heavy (non-hydrogen) atoms. The number of nitrogens with zero attached hydrogens (tertiary/aromatic N) is 3. The van der Waals surface area contributed by atoms with Crippen molar-refractivity contribution in [3.8, 4) is 11.4 Å². The molecule has 0 radical (unpaired) electrons. The second-order valence-electron chi connectivity index (χ2n) is 14.5. The van der Waals surface area contributed by atoms with E-state index in [1.165, 1.54) is 54.7 Å². The molecule has 1 N–H and O–H groups in total. The maximum atomic E-state index is 5.68. The fourth-order valence-electron chi connectivity index (χ4n) is 7.42. The van der Waals surface area contributed by atoms with Crippen LogP contribution in [0.1, 0.15) is 70.1 Å². The first-order valence-electron chi connectivity index (χ1n) is 21.3. The van der Waals surface area contributed by atoms with E-state index in [0.29, 0.717) is 18.1 Å². The Balaban J connectivity index is 0.000000171. The number of aromatic nitrogens is 2. The monoisotopic (exact) mass is 784 g/mol. The van der Waals surface area contributed by atoms with E-state index in [0.717, 1.165) is 40.6 Å². The van der Waals surface area contributed by atoms with Crippen molar-refractivity contribution in [3.05, 3.63) is 187 Å². The number of nitrogens with one attached hydrogen (secondary N) is 1. The number of anilines is 6. The van der Waals surface area contributed by atoms with Crippen LogP contribution in [0.4, 0.5) is 34.1 Å². The minimum absolute atomic E-state index is 0.361. The third kappa shape index (κ3) is 11.6. The van der Waals surface area contributed by atoms with Crippen molar-refractivity contribution in [1.82, 2.24) is 9.97 Å². The normalized spacial score (nSPS) is 15.3. The lowest BCUT2D eigenvalue weighted by atomic mass is 9.95. The average molecular weight is 785 g/mol. The second-order valence-corrected chi connectivity index (χ2v) is 14.5. The van der Waals surface area contributed by atoms with E-state index >= 15 is 0 Å². The molecule has 0 saturated heterocycles. The van der Waals surface area contributed by atoms with E-state index in [-0.39, 0.29) is 0 Å². The van der Waals surface area contributed by atoms with Crippen molar-refractivity contribution in [3.63, 3.8) is 0 Å². The molecule has 1 heterocycles. The summed E-state index contributed by atoms with van der Waals surface area (Å²) >= 11 is 0. The summed E-state index contributed by atoms with van der Waals surface area (Å²) in [6.45, 7) is 6.12. The molecule has 304 valence electrons. The van der Waals surface area contributed by atoms with Crippen LogP contribution in [-0.4, -0.2) is 36.4 Å². The zero-order chi connectivity index (χ0) is 41.2. The van der Waals surface area contributed by atoms with Crippen LogP contribution in [0.3, 0.4) is 0 Å². The highest BCUT2D eigenvalue weighted by Crippen LogP contribution is 2.39. The van der Waals surface area contributed by atoms with Gasteiger partial charge in [-0.05, 0) is 123 Å². The molecule has 0 aliphatic heterocycles. The first-order chi connectivity index (χ1) is 29.1. The Bertz CT molecular complexity index is 2110. The van der Waals surface area contributed by atoms with Crippen LogP contribution in [0.5, 0.6) is 0 Å². The number of aromatic amines is 1. The number of imidazole rings is 1. The minimum atomic E-state index is 0.361. The van der Waals surface area contributed by atoms with Crippen molar-refractivity contribution >= 4 is 34.1 Å². The highest BCUT2D eigenvalue weighted by Gasteiger charge is 2.28. The molecule has 2 atom stereocenters. The Morgan fingerprint density at radius 3 is 1.31 bits per heavy atom. The highest BCUT2D eigenvalue weighted by atomic mass is 16.5. The predicted molar refractivity (Wildman–Crippen MR) is 248 cm³/mol. The lowest BCUT2D eigenvalue weighted by Gasteiger charge is -2.26. The highest BCUT2D eigenvalue weighted by molar-refractivity contribution is 5.78. The van der Waals surface area contributed by atoms with Gasteiger partial charge < -0.3 is 24.3 Å². The molecule has 6 heteroatoms. The van der Waals surface area contributed by atoms with Crippen LogP contribution in [0, 0.1) is 0 Å². The third-order valence-electron chi connectivity index (χ3n) is 10.7. The van der Waals surface area contributed by atoms with E-state index in [2.05, 4.69) is 184 Å². The van der Waals surface area contributed by atoms with Gasteiger partial charge in [0.15, 0.2) is 0 Å². The number of aryl methyl sites for hydroxylation is 1. The van der Waals surface area contributed by atoms with Crippen LogP contribution < -0.4 is 9.80 Å². The summed E-state index contributed by atoms with van der Waals surface area (Å²) < 4.78 is 10.5. The van der Waals surface area contributed by atoms with E-state index in [4.69, 9.17) is 9.47 Å². The topological polar surface area (TPSA) is 53.6 Å². The average Bonchev–Trinajstić information content (AvgIpc) is 3.83. The molecule has 6 aromatic carbocycles. The van der Waals surface area contributed by atoms with Gasteiger partial charge in [0.1, 0.15) is 5.82 Å². The molecule has 6 nitrogen and oxygen atoms in total. The van der Waals surface area contributed by atoms with Gasteiger partial charge in [0.05, 0.1) is 12.2 Å². The zero-order valence-corrected chi connectivity index (χ0v) is 35.4. The number of ether oxygens (including phenoxy) is 2. The number of H-pyrrole nitrogens is 1. The quantitative estimate of drug-likeness (QED) is 0.142. The van der Waals surface area contributed by atoms with Gasteiger partial charge in [-0.1, -0.05) is 112 Å². The molecular formula is C53H60N4O2. The van der Waals surface area contributed by atoms with Gasteiger partial charge in [-0.25, -0.2) is 4.98 Å². The summed E-state index contributed by atoms with van der Waals surface area (Å²) in [5.74, 6) is 1.44.